The summed E-state index contributed by atoms with van der Waals surface area (Å²) >= 11 is 0. The first kappa shape index (κ1) is 15.7. The Morgan fingerprint density at radius 3 is 2.60 bits per heavy atom. The number of nitrogens with one attached hydrogen (secondary N) is 1. The fourth-order valence-electron chi connectivity index (χ4n) is 3.24. The number of carboxylic acids is 1. The average Bonchev–Trinajstić information content (AvgIpc) is 2.80. The van der Waals surface area contributed by atoms with Gasteiger partial charge in [0.15, 0.2) is 5.79 Å². The molecule has 5 heteroatoms. The average molecular weight is 285 g/mol. The van der Waals surface area contributed by atoms with Gasteiger partial charge in [0, 0.05) is 19.4 Å². The Balaban J connectivity index is 1.87. The van der Waals surface area contributed by atoms with E-state index in [0.717, 1.165) is 38.8 Å². The normalized spacial score (nSPS) is 34.5. The molecular formula is C15H27NO4. The number of aliphatic carboxylic acids is 1. The minimum atomic E-state index is -0.711. The van der Waals surface area contributed by atoms with Crippen molar-refractivity contribution in [3.63, 3.8) is 0 Å². The number of hydrogen-bond acceptors (Lipinski definition) is 4. The first-order valence-electron chi connectivity index (χ1n) is 7.65. The predicted molar refractivity (Wildman–Crippen MR) is 75.5 cm³/mol. The molecule has 1 atom stereocenters. The second kappa shape index (κ2) is 6.00. The molecule has 2 N–H and O–H groups in total. The van der Waals surface area contributed by atoms with Crippen molar-refractivity contribution in [1.82, 2.24) is 5.32 Å². The molecule has 0 aromatic heterocycles. The number of hydrogen-bond donors (Lipinski definition) is 2. The molecule has 1 aliphatic heterocycles. The summed E-state index contributed by atoms with van der Waals surface area (Å²) in [6.07, 6.45) is 3.44. The molecule has 1 aliphatic carbocycles. The molecule has 1 heterocycles. The molecular weight excluding hydrogens is 258 g/mol. The fraction of sp³-hybridized carbons (Fsp3) is 0.933. The van der Waals surface area contributed by atoms with Crippen LogP contribution in [0.25, 0.3) is 0 Å². The van der Waals surface area contributed by atoms with Crippen LogP contribution in [0.15, 0.2) is 0 Å². The second-order valence-electron chi connectivity index (χ2n) is 6.57. The highest BCUT2D eigenvalue weighted by Gasteiger charge is 2.48. The first-order valence-corrected chi connectivity index (χ1v) is 7.65. The van der Waals surface area contributed by atoms with Crippen LogP contribution in [-0.2, 0) is 14.3 Å². The maximum Gasteiger partial charge on any atom is 0.309 e. The van der Waals surface area contributed by atoms with Crippen LogP contribution in [0.1, 0.15) is 46.5 Å². The Kier molecular flexibility index (Phi) is 4.72. The van der Waals surface area contributed by atoms with Gasteiger partial charge in [-0.3, -0.25) is 4.79 Å². The van der Waals surface area contributed by atoms with Gasteiger partial charge in [0.05, 0.1) is 18.1 Å². The minimum Gasteiger partial charge on any atom is -0.481 e. The monoisotopic (exact) mass is 285 g/mol. The van der Waals surface area contributed by atoms with Crippen LogP contribution in [0.2, 0.25) is 0 Å². The van der Waals surface area contributed by atoms with Crippen LogP contribution in [-0.4, -0.2) is 42.7 Å². The number of carbonyl (C=O) groups is 1. The topological polar surface area (TPSA) is 67.8 Å². The summed E-state index contributed by atoms with van der Waals surface area (Å²) < 4.78 is 12.0. The highest BCUT2D eigenvalue weighted by molar-refractivity contribution is 5.74. The zero-order chi connectivity index (χ0) is 14.8. The third-order valence-electron chi connectivity index (χ3n) is 4.85. The van der Waals surface area contributed by atoms with Crippen LogP contribution in [0.3, 0.4) is 0 Å². The van der Waals surface area contributed by atoms with Gasteiger partial charge in [-0.1, -0.05) is 6.92 Å². The van der Waals surface area contributed by atoms with Crippen LogP contribution >= 0.6 is 0 Å². The lowest BCUT2D eigenvalue weighted by molar-refractivity contribution is -0.198. The lowest BCUT2D eigenvalue weighted by Gasteiger charge is -2.40. The molecule has 1 saturated heterocycles. The zero-order valence-corrected chi connectivity index (χ0v) is 12.8. The summed E-state index contributed by atoms with van der Waals surface area (Å²) in [5.41, 5.74) is -0.663. The molecule has 0 aromatic carbocycles. The van der Waals surface area contributed by atoms with Crippen molar-refractivity contribution < 1.29 is 19.4 Å². The number of carboxylic acid groups (broad SMARTS) is 1. The molecule has 116 valence electrons. The van der Waals surface area contributed by atoms with Crippen molar-refractivity contribution in [3.8, 4) is 0 Å². The maximum atomic E-state index is 11.3. The third-order valence-corrected chi connectivity index (χ3v) is 4.85. The molecule has 20 heavy (non-hydrogen) atoms. The molecule has 0 amide bonds. The van der Waals surface area contributed by atoms with Crippen LogP contribution in [0, 0.1) is 11.3 Å². The third kappa shape index (κ3) is 3.15. The Labute approximate surface area is 121 Å². The molecule has 1 spiro atoms. The summed E-state index contributed by atoms with van der Waals surface area (Å²) in [5.74, 6) is -0.965. The van der Waals surface area contributed by atoms with Gasteiger partial charge in [-0.05, 0) is 39.2 Å². The van der Waals surface area contributed by atoms with E-state index < -0.39 is 17.2 Å². The number of ether oxygens (including phenoxy) is 2. The molecule has 1 saturated carbocycles. The van der Waals surface area contributed by atoms with Crippen LogP contribution in [0.5, 0.6) is 0 Å². The van der Waals surface area contributed by atoms with Crippen LogP contribution < -0.4 is 5.32 Å². The molecule has 1 unspecified atom stereocenters. The summed E-state index contributed by atoms with van der Waals surface area (Å²) in [4.78, 5) is 11.3. The van der Waals surface area contributed by atoms with Crippen molar-refractivity contribution in [2.24, 2.45) is 11.3 Å². The molecule has 0 bridgehead atoms. The van der Waals surface area contributed by atoms with Gasteiger partial charge >= 0.3 is 5.97 Å². The Morgan fingerprint density at radius 2 is 2.05 bits per heavy atom. The van der Waals surface area contributed by atoms with Crippen molar-refractivity contribution in [3.05, 3.63) is 0 Å². The molecule has 2 aliphatic rings. The summed E-state index contributed by atoms with van der Waals surface area (Å²) in [6, 6.07) is 0. The van der Waals surface area contributed by atoms with Gasteiger partial charge in [-0.15, -0.1) is 0 Å². The SMILES string of the molecule is CCNCC1COC2(CCC(C(C)(C)C(=O)O)CC2)O1. The van der Waals surface area contributed by atoms with E-state index >= 15 is 0 Å². The zero-order valence-electron chi connectivity index (χ0n) is 12.8. The highest BCUT2D eigenvalue weighted by atomic mass is 16.7. The lowest BCUT2D eigenvalue weighted by atomic mass is 9.70. The van der Waals surface area contributed by atoms with Crippen molar-refractivity contribution in [2.45, 2.75) is 58.3 Å². The summed E-state index contributed by atoms with van der Waals surface area (Å²) in [6.45, 7) is 8.11. The van der Waals surface area contributed by atoms with E-state index in [1.165, 1.54) is 0 Å². The molecule has 5 nitrogen and oxygen atoms in total. The predicted octanol–water partition coefficient (Wildman–Crippen LogP) is 2.01. The van der Waals surface area contributed by atoms with Gasteiger partial charge in [-0.25, -0.2) is 0 Å². The summed E-state index contributed by atoms with van der Waals surface area (Å²) in [5, 5.41) is 12.6. The largest absolute Gasteiger partial charge is 0.481 e. The van der Waals surface area contributed by atoms with Crippen LogP contribution in [0.4, 0.5) is 0 Å². The highest BCUT2D eigenvalue weighted by Crippen LogP contribution is 2.45. The van der Waals surface area contributed by atoms with E-state index in [2.05, 4.69) is 12.2 Å². The van der Waals surface area contributed by atoms with Gasteiger partial charge in [0.2, 0.25) is 0 Å². The lowest BCUT2D eigenvalue weighted by Crippen LogP contribution is -2.42. The van der Waals surface area contributed by atoms with Gasteiger partial charge < -0.3 is 19.9 Å². The quantitative estimate of drug-likeness (QED) is 0.809. The van der Waals surface area contributed by atoms with Gasteiger partial charge in [-0.2, -0.15) is 0 Å². The van der Waals surface area contributed by atoms with E-state index in [9.17, 15) is 9.90 Å². The Bertz CT molecular complexity index is 348. The van der Waals surface area contributed by atoms with E-state index in [1.807, 2.05) is 13.8 Å². The Hall–Kier alpha value is -0.650. The van der Waals surface area contributed by atoms with Gasteiger partial charge in [0.25, 0.3) is 0 Å². The second-order valence-corrected chi connectivity index (χ2v) is 6.57. The van der Waals surface area contributed by atoms with Crippen molar-refractivity contribution >= 4 is 5.97 Å². The molecule has 0 radical (unpaired) electrons. The van der Waals surface area contributed by atoms with E-state index in [4.69, 9.17) is 9.47 Å². The molecule has 0 aromatic rings. The minimum absolute atomic E-state index is 0.124. The Morgan fingerprint density at radius 1 is 1.40 bits per heavy atom. The molecule has 2 fully saturated rings. The molecule has 2 rings (SSSR count). The number of rotatable bonds is 5. The van der Waals surface area contributed by atoms with Gasteiger partial charge in [0.1, 0.15) is 0 Å². The maximum absolute atomic E-state index is 11.3. The van der Waals surface area contributed by atoms with E-state index in [0.29, 0.717) is 6.61 Å². The standard InChI is InChI=1S/C15H27NO4/c1-4-16-9-12-10-19-15(20-12)7-5-11(6-8-15)14(2,3)13(17)18/h11-12,16H,4-10H2,1-3H3,(H,17,18). The smallest absolute Gasteiger partial charge is 0.309 e. The van der Waals surface area contributed by atoms with Crippen molar-refractivity contribution in [1.29, 1.82) is 0 Å². The van der Waals surface area contributed by atoms with E-state index in [1.54, 1.807) is 0 Å². The van der Waals surface area contributed by atoms with Crippen molar-refractivity contribution in [2.75, 3.05) is 19.7 Å². The fourth-order valence-corrected chi connectivity index (χ4v) is 3.24. The van der Waals surface area contributed by atoms with E-state index in [-0.39, 0.29) is 12.0 Å². The summed E-state index contributed by atoms with van der Waals surface area (Å²) in [7, 11) is 0. The first-order chi connectivity index (χ1) is 9.39. The number of likely N-dealkylation sites (N-methyl/N-ethyl adjacent to an activating group) is 1.